The minimum absolute atomic E-state index is 0.353. The van der Waals surface area contributed by atoms with Crippen molar-refractivity contribution in [1.82, 2.24) is 0 Å². The summed E-state index contributed by atoms with van der Waals surface area (Å²) in [5.74, 6) is -1.86. The van der Waals surface area contributed by atoms with Gasteiger partial charge in [0.15, 0.2) is 0 Å². The highest BCUT2D eigenvalue weighted by Gasteiger charge is 2.55. The van der Waals surface area contributed by atoms with E-state index in [1.807, 2.05) is 0 Å². The van der Waals surface area contributed by atoms with Gasteiger partial charge in [0, 0.05) is 5.56 Å². The number of aliphatic hydroxyl groups is 5. The molecule has 7 nitrogen and oxygen atoms in total. The Hall–Kier alpha value is -1.06. The molecule has 0 bridgehead atoms. The monoisotopic (exact) mass is 286 g/mol. The summed E-state index contributed by atoms with van der Waals surface area (Å²) in [4.78, 5) is 0. The lowest BCUT2D eigenvalue weighted by Crippen LogP contribution is -2.64. The molecule has 5 N–H and O–H groups in total. The van der Waals surface area contributed by atoms with Crippen molar-refractivity contribution in [2.75, 3.05) is 13.4 Å². The molecule has 1 aromatic rings. The first-order valence-electron chi connectivity index (χ1n) is 6.20. The van der Waals surface area contributed by atoms with Gasteiger partial charge in [-0.25, -0.2) is 0 Å². The molecular formula is C13H18O7. The van der Waals surface area contributed by atoms with Gasteiger partial charge in [0.25, 0.3) is 0 Å². The summed E-state index contributed by atoms with van der Waals surface area (Å²) in [6, 6.07) is 8.23. The van der Waals surface area contributed by atoms with E-state index in [-0.39, 0.29) is 0 Å². The molecule has 5 atom stereocenters. The summed E-state index contributed by atoms with van der Waals surface area (Å²) in [6.45, 7) is -1.35. The molecule has 20 heavy (non-hydrogen) atoms. The lowest BCUT2D eigenvalue weighted by Gasteiger charge is -2.47. The molecule has 0 aliphatic carbocycles. The van der Waals surface area contributed by atoms with Crippen molar-refractivity contribution >= 4 is 0 Å². The topological polar surface area (TPSA) is 120 Å². The fraction of sp³-hybridized carbons (Fsp3) is 0.538. The van der Waals surface area contributed by atoms with Gasteiger partial charge in [-0.2, -0.15) is 0 Å². The van der Waals surface area contributed by atoms with Gasteiger partial charge in [0.1, 0.15) is 31.2 Å². The Labute approximate surface area is 115 Å². The highest BCUT2D eigenvalue weighted by atomic mass is 16.8. The summed E-state index contributed by atoms with van der Waals surface area (Å²) >= 11 is 0. The van der Waals surface area contributed by atoms with Crippen molar-refractivity contribution in [3.63, 3.8) is 0 Å². The van der Waals surface area contributed by atoms with E-state index in [0.717, 1.165) is 0 Å². The van der Waals surface area contributed by atoms with E-state index in [9.17, 15) is 20.4 Å². The third-order valence-corrected chi connectivity index (χ3v) is 3.41. The van der Waals surface area contributed by atoms with Gasteiger partial charge in [-0.05, 0) is 0 Å². The third kappa shape index (κ3) is 2.45. The second kappa shape index (κ2) is 6.15. The molecule has 2 rings (SSSR count). The molecule has 1 saturated heterocycles. The van der Waals surface area contributed by atoms with Gasteiger partial charge in [0.2, 0.25) is 5.79 Å². The number of ether oxygens (including phenoxy) is 2. The van der Waals surface area contributed by atoms with Gasteiger partial charge in [0.05, 0.1) is 6.61 Å². The quantitative estimate of drug-likeness (QED) is 0.418. The van der Waals surface area contributed by atoms with Gasteiger partial charge >= 0.3 is 0 Å². The van der Waals surface area contributed by atoms with Crippen LogP contribution in [0.4, 0.5) is 0 Å². The zero-order chi connectivity index (χ0) is 14.8. The van der Waals surface area contributed by atoms with E-state index in [0.29, 0.717) is 5.56 Å². The number of hydrogen-bond acceptors (Lipinski definition) is 7. The summed E-state index contributed by atoms with van der Waals surface area (Å²) < 4.78 is 10.6. The average Bonchev–Trinajstić information content (AvgIpc) is 2.49. The van der Waals surface area contributed by atoms with E-state index < -0.39 is 43.6 Å². The highest BCUT2D eigenvalue weighted by Crippen LogP contribution is 2.39. The van der Waals surface area contributed by atoms with Crippen LogP contribution < -0.4 is 0 Å². The standard InChI is InChI=1S/C13H18O7/c14-6-9-10(16)11(17)12(18)13(20-9,19-7-15)8-4-2-1-3-5-8/h1-5,9-12,14-18H,6-7H2/t9-,10-,11+,12-,13-/m1/s1. The SMILES string of the molecule is OCO[C@]1(c2ccccc2)O[C@H](CO)[C@@H](O)[C@H](O)[C@H]1O. The maximum Gasteiger partial charge on any atom is 0.227 e. The van der Waals surface area contributed by atoms with Crippen molar-refractivity contribution in [3.8, 4) is 0 Å². The average molecular weight is 286 g/mol. The number of rotatable bonds is 4. The third-order valence-electron chi connectivity index (χ3n) is 3.41. The second-order valence-electron chi connectivity index (χ2n) is 4.57. The predicted octanol–water partition coefficient (Wildman–Crippen LogP) is -1.72. The molecule has 0 spiro atoms. The number of aliphatic hydroxyl groups excluding tert-OH is 5. The molecule has 112 valence electrons. The van der Waals surface area contributed by atoms with Crippen LogP contribution in [0.3, 0.4) is 0 Å². The first-order valence-corrected chi connectivity index (χ1v) is 6.20. The zero-order valence-electron chi connectivity index (χ0n) is 10.7. The maximum atomic E-state index is 10.2. The van der Waals surface area contributed by atoms with Crippen LogP contribution in [0.1, 0.15) is 5.56 Å². The van der Waals surface area contributed by atoms with Crippen LogP contribution in [0.25, 0.3) is 0 Å². The van der Waals surface area contributed by atoms with Gasteiger partial charge in [-0.3, -0.25) is 0 Å². The van der Waals surface area contributed by atoms with Crippen LogP contribution in [0.2, 0.25) is 0 Å². The molecule has 0 amide bonds. The maximum absolute atomic E-state index is 10.2. The Kier molecular flexibility index (Phi) is 4.71. The first-order chi connectivity index (χ1) is 9.56. The Morgan fingerprint density at radius 3 is 2.25 bits per heavy atom. The lowest BCUT2D eigenvalue weighted by molar-refractivity contribution is -0.384. The van der Waals surface area contributed by atoms with Crippen LogP contribution in [-0.4, -0.2) is 63.3 Å². The molecule has 1 heterocycles. The molecule has 1 fully saturated rings. The molecule has 7 heteroatoms. The van der Waals surface area contributed by atoms with Crippen LogP contribution in [-0.2, 0) is 15.3 Å². The Balaban J connectivity index is 2.45. The van der Waals surface area contributed by atoms with E-state index in [2.05, 4.69) is 0 Å². The van der Waals surface area contributed by atoms with Crippen LogP contribution in [0, 0.1) is 0 Å². The molecule has 1 aliphatic heterocycles. The predicted molar refractivity (Wildman–Crippen MR) is 66.3 cm³/mol. The van der Waals surface area contributed by atoms with Crippen LogP contribution in [0.5, 0.6) is 0 Å². The lowest BCUT2D eigenvalue weighted by atomic mass is 9.88. The minimum Gasteiger partial charge on any atom is -0.394 e. The van der Waals surface area contributed by atoms with Gasteiger partial charge in [-0.15, -0.1) is 0 Å². The Morgan fingerprint density at radius 2 is 1.70 bits per heavy atom. The smallest absolute Gasteiger partial charge is 0.227 e. The van der Waals surface area contributed by atoms with Crippen LogP contribution >= 0.6 is 0 Å². The molecule has 0 unspecified atom stereocenters. The van der Waals surface area contributed by atoms with E-state index in [1.165, 1.54) is 0 Å². The molecule has 0 radical (unpaired) electrons. The summed E-state index contributed by atoms with van der Waals surface area (Å²) in [5, 5.41) is 48.1. The normalized spacial score (nSPS) is 37.9. The van der Waals surface area contributed by atoms with Crippen molar-refractivity contribution in [2.24, 2.45) is 0 Å². The fourth-order valence-electron chi connectivity index (χ4n) is 2.35. The molecular weight excluding hydrogens is 268 g/mol. The summed E-state index contributed by atoms with van der Waals surface area (Å²) in [7, 11) is 0. The van der Waals surface area contributed by atoms with Crippen molar-refractivity contribution in [1.29, 1.82) is 0 Å². The largest absolute Gasteiger partial charge is 0.394 e. The molecule has 1 aromatic carbocycles. The minimum atomic E-state index is -1.86. The Bertz CT molecular complexity index is 424. The van der Waals surface area contributed by atoms with Gasteiger partial charge < -0.3 is 35.0 Å². The van der Waals surface area contributed by atoms with E-state index in [4.69, 9.17) is 14.6 Å². The second-order valence-corrected chi connectivity index (χ2v) is 4.57. The fourth-order valence-corrected chi connectivity index (χ4v) is 2.35. The summed E-state index contributed by atoms with van der Waals surface area (Å²) in [6.07, 6.45) is -5.84. The highest BCUT2D eigenvalue weighted by molar-refractivity contribution is 5.23. The van der Waals surface area contributed by atoms with E-state index >= 15 is 0 Å². The van der Waals surface area contributed by atoms with E-state index in [1.54, 1.807) is 30.3 Å². The molecule has 1 aliphatic rings. The Morgan fingerprint density at radius 1 is 1.05 bits per heavy atom. The van der Waals surface area contributed by atoms with Gasteiger partial charge in [-0.1, -0.05) is 30.3 Å². The molecule has 0 aromatic heterocycles. The van der Waals surface area contributed by atoms with Crippen molar-refractivity contribution in [2.45, 2.75) is 30.2 Å². The molecule has 0 saturated carbocycles. The zero-order valence-corrected chi connectivity index (χ0v) is 10.7. The van der Waals surface area contributed by atoms with Crippen LogP contribution in [0.15, 0.2) is 30.3 Å². The first kappa shape index (κ1) is 15.3. The number of hydrogen-bond donors (Lipinski definition) is 5. The van der Waals surface area contributed by atoms with Crippen molar-refractivity contribution in [3.05, 3.63) is 35.9 Å². The van der Waals surface area contributed by atoms with Crippen molar-refractivity contribution < 1.29 is 35.0 Å². The number of benzene rings is 1. The summed E-state index contributed by atoms with van der Waals surface area (Å²) in [5.41, 5.74) is 0.353.